The summed E-state index contributed by atoms with van der Waals surface area (Å²) >= 11 is 0. The quantitative estimate of drug-likeness (QED) is 0.471. The van der Waals surface area contributed by atoms with Crippen LogP contribution in [0.15, 0.2) is 42.5 Å². The van der Waals surface area contributed by atoms with E-state index in [-0.39, 0.29) is 37.3 Å². The molecule has 0 aromatic heterocycles. The average Bonchev–Trinajstić information content (AvgIpc) is 3.30. The lowest BCUT2D eigenvalue weighted by Gasteiger charge is -2.44. The van der Waals surface area contributed by atoms with Gasteiger partial charge in [0.1, 0.15) is 11.4 Å². The molecule has 2 amide bonds. The highest BCUT2D eigenvalue weighted by Crippen LogP contribution is 2.51. The molecule has 7 nitrogen and oxygen atoms in total. The molecule has 2 fully saturated rings. The van der Waals surface area contributed by atoms with Gasteiger partial charge in [0.05, 0.1) is 11.5 Å². The van der Waals surface area contributed by atoms with Crippen molar-refractivity contribution < 1.29 is 45.1 Å². The second-order valence-electron chi connectivity index (χ2n) is 11.8. The van der Waals surface area contributed by atoms with E-state index in [1.165, 1.54) is 29.2 Å². The van der Waals surface area contributed by atoms with Gasteiger partial charge in [-0.25, -0.2) is 26.8 Å². The normalized spacial score (nSPS) is 26.0. The molecule has 2 N–H and O–H groups in total. The van der Waals surface area contributed by atoms with E-state index < -0.39 is 62.1 Å². The van der Waals surface area contributed by atoms with Gasteiger partial charge in [-0.1, -0.05) is 30.3 Å². The lowest BCUT2D eigenvalue weighted by atomic mass is 9.63. The van der Waals surface area contributed by atoms with Crippen molar-refractivity contribution in [3.63, 3.8) is 0 Å². The highest BCUT2D eigenvalue weighted by molar-refractivity contribution is 7.91. The summed E-state index contributed by atoms with van der Waals surface area (Å²) in [4.78, 5) is 27.4. The minimum atomic E-state index is -5.12. The van der Waals surface area contributed by atoms with Gasteiger partial charge in [0, 0.05) is 18.0 Å². The fourth-order valence-corrected chi connectivity index (χ4v) is 8.31. The number of nitrogens with zero attached hydrogens (tertiary/aromatic N) is 1. The number of alkyl halides is 4. The van der Waals surface area contributed by atoms with Crippen molar-refractivity contribution in [2.24, 2.45) is 0 Å². The predicted molar refractivity (Wildman–Crippen MR) is 143 cm³/mol. The minimum absolute atomic E-state index is 0.191. The molecule has 2 heterocycles. The maximum Gasteiger partial charge on any atom is 0.426 e. The zero-order valence-corrected chi connectivity index (χ0v) is 23.6. The van der Waals surface area contributed by atoms with Gasteiger partial charge in [0.15, 0.2) is 9.84 Å². The Morgan fingerprint density at radius 3 is 2.29 bits per heavy atom. The number of likely N-dealkylation sites (tertiary alicyclic amines) is 1. The van der Waals surface area contributed by atoms with Crippen molar-refractivity contribution in [3.05, 3.63) is 70.5 Å². The van der Waals surface area contributed by atoms with E-state index in [0.717, 1.165) is 11.6 Å². The summed E-state index contributed by atoms with van der Waals surface area (Å²) in [5.41, 5.74) is -4.74. The summed E-state index contributed by atoms with van der Waals surface area (Å²) in [5, 5.41) is 12.6. The number of aryl methyl sites for hydroxylation is 1. The number of hydrogen-bond donors (Lipinski definition) is 2. The number of benzene rings is 2. The van der Waals surface area contributed by atoms with E-state index in [9.17, 15) is 45.1 Å². The minimum Gasteiger partial charge on any atom is -0.480 e. The second-order valence-corrected chi connectivity index (χ2v) is 14.1. The van der Waals surface area contributed by atoms with Crippen molar-refractivity contribution in [2.45, 2.75) is 74.3 Å². The summed E-state index contributed by atoms with van der Waals surface area (Å²) in [7, 11) is -3.42. The Kier molecular flexibility index (Phi) is 7.35. The summed E-state index contributed by atoms with van der Waals surface area (Å²) in [5.74, 6) is -2.53. The number of sulfone groups is 1. The van der Waals surface area contributed by atoms with Crippen molar-refractivity contribution >= 4 is 21.8 Å². The van der Waals surface area contributed by atoms with Crippen molar-refractivity contribution in [2.75, 3.05) is 18.1 Å². The number of fused-ring (bicyclic) bond motifs is 3. The fraction of sp³-hybridized carbons (Fsp3) is 0.517. The molecule has 2 aromatic rings. The topological polar surface area (TPSA) is 104 Å². The van der Waals surface area contributed by atoms with Crippen LogP contribution in [0.3, 0.4) is 0 Å². The molecule has 13 heteroatoms. The zero-order valence-electron chi connectivity index (χ0n) is 22.8. The van der Waals surface area contributed by atoms with Crippen LogP contribution in [-0.2, 0) is 38.6 Å². The molecule has 1 aliphatic carbocycles. The standard InChI is InChI=1S/C29H31F5N2O5S/c1-26(31,29(32,33)34)20-5-8-22-19(16-20)4-9-23-27(22,17-18-2-6-21(30)7-3-18)10-13-36(23)25(39)35-28(24(37)38)11-14-42(40,41)15-12-28/h2-3,5-8,16,23H,4,9-15,17H2,1H3,(H,35,39)(H,37,38)/t23-,26?,27-/m1/s1. The molecule has 228 valence electrons. The number of rotatable bonds is 5. The van der Waals surface area contributed by atoms with Crippen LogP contribution in [0.2, 0.25) is 0 Å². The fourth-order valence-electron chi connectivity index (χ4n) is 6.79. The van der Waals surface area contributed by atoms with Crippen LogP contribution < -0.4 is 5.32 Å². The first-order valence-electron chi connectivity index (χ1n) is 13.7. The molecule has 1 unspecified atom stereocenters. The molecule has 0 saturated carbocycles. The summed E-state index contributed by atoms with van der Waals surface area (Å²) in [6.07, 6.45) is -4.43. The summed E-state index contributed by atoms with van der Waals surface area (Å²) < 4.78 is 93.0. The highest BCUT2D eigenvalue weighted by Gasteiger charge is 2.56. The first-order valence-corrected chi connectivity index (χ1v) is 15.5. The summed E-state index contributed by atoms with van der Waals surface area (Å²) in [6.45, 7) is 0.668. The molecule has 3 aliphatic rings. The van der Waals surface area contributed by atoms with E-state index in [2.05, 4.69) is 5.32 Å². The monoisotopic (exact) mass is 614 g/mol. The van der Waals surface area contributed by atoms with Gasteiger partial charge in [-0.2, -0.15) is 13.2 Å². The van der Waals surface area contributed by atoms with Gasteiger partial charge in [-0.05, 0) is 79.8 Å². The van der Waals surface area contributed by atoms with Crippen molar-refractivity contribution in [1.29, 1.82) is 0 Å². The van der Waals surface area contributed by atoms with Gasteiger partial charge in [0.25, 0.3) is 0 Å². The molecule has 2 aliphatic heterocycles. The SMILES string of the molecule is CC(F)(c1ccc2c(c1)CC[C@H]1N(C(=O)NC3(C(=O)O)CCS(=O)(=O)CC3)CC[C@@]21Cc1ccc(F)cc1)C(F)(F)F. The molecule has 0 bridgehead atoms. The molecule has 42 heavy (non-hydrogen) atoms. The number of carboxylic acid groups (broad SMARTS) is 1. The lowest BCUT2D eigenvalue weighted by Crippen LogP contribution is -2.62. The van der Waals surface area contributed by atoms with Crippen LogP contribution in [0, 0.1) is 5.82 Å². The number of aliphatic carboxylic acids is 1. The average molecular weight is 615 g/mol. The van der Waals surface area contributed by atoms with E-state index >= 15 is 0 Å². The first kappa shape index (κ1) is 30.2. The van der Waals surface area contributed by atoms with E-state index in [1.54, 1.807) is 12.1 Å². The van der Waals surface area contributed by atoms with E-state index in [0.29, 0.717) is 37.3 Å². The van der Waals surface area contributed by atoms with Crippen LogP contribution in [0.25, 0.3) is 0 Å². The molecule has 0 spiro atoms. The Hall–Kier alpha value is -3.22. The highest BCUT2D eigenvalue weighted by atomic mass is 32.2. The van der Waals surface area contributed by atoms with Crippen LogP contribution >= 0.6 is 0 Å². The zero-order chi connectivity index (χ0) is 30.7. The number of hydrogen-bond acceptors (Lipinski definition) is 4. The Bertz CT molecular complexity index is 1500. The van der Waals surface area contributed by atoms with Crippen molar-refractivity contribution in [3.8, 4) is 0 Å². The molecule has 0 radical (unpaired) electrons. The summed E-state index contributed by atoms with van der Waals surface area (Å²) in [6, 6.07) is 8.43. The molecule has 5 rings (SSSR count). The third-order valence-corrected chi connectivity index (χ3v) is 11.0. The Morgan fingerprint density at radius 2 is 1.69 bits per heavy atom. The van der Waals surface area contributed by atoms with Gasteiger partial charge in [0.2, 0.25) is 5.67 Å². The molecule has 2 aromatic carbocycles. The number of urea groups is 1. The van der Waals surface area contributed by atoms with Gasteiger partial charge < -0.3 is 15.3 Å². The maximum atomic E-state index is 14.9. The van der Waals surface area contributed by atoms with Gasteiger partial charge >= 0.3 is 18.2 Å². The largest absolute Gasteiger partial charge is 0.480 e. The number of nitrogens with one attached hydrogen (secondary N) is 1. The number of carboxylic acids is 1. The molecule has 3 atom stereocenters. The smallest absolute Gasteiger partial charge is 0.426 e. The van der Waals surface area contributed by atoms with Crippen molar-refractivity contribution in [1.82, 2.24) is 10.2 Å². The number of amides is 2. The number of carbonyl (C=O) groups excluding carboxylic acids is 1. The Labute approximate surface area is 240 Å². The predicted octanol–water partition coefficient (Wildman–Crippen LogP) is 4.82. The van der Waals surface area contributed by atoms with E-state index in [4.69, 9.17) is 0 Å². The third kappa shape index (κ3) is 5.13. The van der Waals surface area contributed by atoms with Gasteiger partial charge in [-0.15, -0.1) is 0 Å². The van der Waals surface area contributed by atoms with Crippen LogP contribution in [-0.4, -0.2) is 66.2 Å². The number of carbonyl (C=O) groups is 2. The Balaban J connectivity index is 1.51. The molecular weight excluding hydrogens is 583 g/mol. The van der Waals surface area contributed by atoms with Crippen LogP contribution in [0.1, 0.15) is 54.9 Å². The third-order valence-electron chi connectivity index (χ3n) is 9.35. The van der Waals surface area contributed by atoms with Crippen LogP contribution in [0.5, 0.6) is 0 Å². The lowest BCUT2D eigenvalue weighted by molar-refractivity contribution is -0.228. The number of halogens is 5. The van der Waals surface area contributed by atoms with E-state index in [1.807, 2.05) is 0 Å². The van der Waals surface area contributed by atoms with Gasteiger partial charge in [-0.3, -0.25) is 0 Å². The van der Waals surface area contributed by atoms with Crippen LogP contribution in [0.4, 0.5) is 26.7 Å². The Morgan fingerprint density at radius 1 is 1.05 bits per heavy atom. The maximum absolute atomic E-state index is 14.9. The molecule has 2 saturated heterocycles. The first-order chi connectivity index (χ1) is 19.5. The molecular formula is C29H31F5N2O5S. The second kappa shape index (κ2) is 10.2.